The molecular weight excluding hydrogens is 372 g/mol. The summed E-state index contributed by atoms with van der Waals surface area (Å²) in [5.74, 6) is -0.501. The summed E-state index contributed by atoms with van der Waals surface area (Å²) in [7, 11) is 0. The molecule has 1 aliphatic heterocycles. The first-order chi connectivity index (χ1) is 12.8. The molecule has 27 heavy (non-hydrogen) atoms. The lowest BCUT2D eigenvalue weighted by Crippen LogP contribution is -2.50. The normalized spacial score (nSPS) is 16.1. The quantitative estimate of drug-likeness (QED) is 0.440. The predicted octanol–water partition coefficient (Wildman–Crippen LogP) is 3.88. The molecule has 0 saturated heterocycles. The van der Waals surface area contributed by atoms with E-state index >= 15 is 0 Å². The fourth-order valence-corrected chi connectivity index (χ4v) is 2.97. The van der Waals surface area contributed by atoms with Gasteiger partial charge >= 0.3 is 0 Å². The number of halogens is 1. The van der Waals surface area contributed by atoms with Crippen molar-refractivity contribution in [1.82, 2.24) is 0 Å². The number of carbonyl (C=O) groups excluding carboxylic acids is 2. The molecule has 0 saturated carbocycles. The Morgan fingerprint density at radius 3 is 2.52 bits per heavy atom. The number of carbonyl (C=O) groups is 2. The minimum Gasteiger partial charge on any atom is -0.478 e. The second kappa shape index (κ2) is 7.36. The lowest BCUT2D eigenvalue weighted by molar-refractivity contribution is -0.384. The van der Waals surface area contributed by atoms with Crippen molar-refractivity contribution in [3.63, 3.8) is 0 Å². The van der Waals surface area contributed by atoms with E-state index in [2.05, 4.69) is 0 Å². The minimum absolute atomic E-state index is 0.131. The number of nitro benzene ring substituents is 1. The van der Waals surface area contributed by atoms with Crippen molar-refractivity contribution in [2.24, 2.45) is 5.92 Å². The van der Waals surface area contributed by atoms with E-state index in [0.29, 0.717) is 16.3 Å². The van der Waals surface area contributed by atoms with E-state index in [9.17, 15) is 19.7 Å². The fourth-order valence-electron chi connectivity index (χ4n) is 2.84. The van der Waals surface area contributed by atoms with Gasteiger partial charge in [0.05, 0.1) is 17.2 Å². The number of nitro groups is 1. The maximum Gasteiger partial charge on any atom is 0.271 e. The topological polar surface area (TPSA) is 89.8 Å². The highest BCUT2D eigenvalue weighted by Crippen LogP contribution is 2.38. The number of rotatable bonds is 5. The summed E-state index contributed by atoms with van der Waals surface area (Å²) in [5, 5.41) is 11.6. The van der Waals surface area contributed by atoms with Crippen molar-refractivity contribution in [2.75, 3.05) is 11.4 Å². The van der Waals surface area contributed by atoms with E-state index in [-0.39, 0.29) is 29.6 Å². The van der Waals surface area contributed by atoms with Gasteiger partial charge in [0.2, 0.25) is 0 Å². The van der Waals surface area contributed by atoms with Crippen molar-refractivity contribution in [1.29, 1.82) is 0 Å². The molecule has 1 unspecified atom stereocenters. The number of ether oxygens (including phenoxy) is 1. The van der Waals surface area contributed by atoms with E-state index in [1.165, 1.54) is 23.1 Å². The molecule has 1 heterocycles. The van der Waals surface area contributed by atoms with Crippen LogP contribution < -0.4 is 9.64 Å². The first kappa shape index (κ1) is 18.8. The molecule has 0 aromatic heterocycles. The Labute approximate surface area is 160 Å². The van der Waals surface area contributed by atoms with Gasteiger partial charge in [-0.3, -0.25) is 24.6 Å². The van der Waals surface area contributed by atoms with Crippen LogP contribution in [0.15, 0.2) is 42.5 Å². The van der Waals surface area contributed by atoms with Gasteiger partial charge in [0.25, 0.3) is 11.6 Å². The van der Waals surface area contributed by atoms with Crippen molar-refractivity contribution in [2.45, 2.75) is 20.0 Å². The maximum absolute atomic E-state index is 12.9. The van der Waals surface area contributed by atoms with E-state index in [0.717, 1.165) is 0 Å². The molecule has 0 bridgehead atoms. The smallest absolute Gasteiger partial charge is 0.271 e. The van der Waals surface area contributed by atoms with Gasteiger partial charge in [0.1, 0.15) is 5.75 Å². The zero-order chi connectivity index (χ0) is 19.7. The lowest BCUT2D eigenvalue weighted by Gasteiger charge is -2.35. The minimum atomic E-state index is -0.767. The molecular formula is C19H17ClN2O5. The highest BCUT2D eigenvalue weighted by molar-refractivity contribution is 6.30. The average Bonchev–Trinajstić information content (AvgIpc) is 2.63. The predicted molar refractivity (Wildman–Crippen MR) is 100 cm³/mol. The van der Waals surface area contributed by atoms with Crippen LogP contribution in [0, 0.1) is 16.0 Å². The molecule has 0 radical (unpaired) electrons. The van der Waals surface area contributed by atoms with E-state index in [4.69, 9.17) is 16.3 Å². The van der Waals surface area contributed by atoms with Gasteiger partial charge in [-0.15, -0.1) is 0 Å². The Morgan fingerprint density at radius 1 is 1.26 bits per heavy atom. The summed E-state index contributed by atoms with van der Waals surface area (Å²) in [6.07, 6.45) is -0.767. The second-order valence-electron chi connectivity index (χ2n) is 6.55. The van der Waals surface area contributed by atoms with Crippen LogP contribution in [0.2, 0.25) is 5.02 Å². The number of non-ortho nitro benzene ring substituents is 1. The second-order valence-corrected chi connectivity index (χ2v) is 6.98. The van der Waals surface area contributed by atoms with Gasteiger partial charge in [-0.1, -0.05) is 25.4 Å². The maximum atomic E-state index is 12.9. The van der Waals surface area contributed by atoms with E-state index in [1.807, 2.05) is 13.8 Å². The molecule has 1 aliphatic rings. The summed E-state index contributed by atoms with van der Waals surface area (Å²) < 4.78 is 5.73. The first-order valence-corrected chi connectivity index (χ1v) is 8.71. The zero-order valence-corrected chi connectivity index (χ0v) is 15.5. The standard InChI is InChI=1S/C19H17ClN2O5/c1-11(2)18-19(24)21(10-16(23)12-3-5-13(20)6-4-12)15-9-14(22(25)26)7-8-17(15)27-18/h3-9,11,18H,10H2,1-2H3. The lowest BCUT2D eigenvalue weighted by atomic mass is 10.0. The fraction of sp³-hybridized carbons (Fsp3) is 0.263. The Morgan fingerprint density at radius 2 is 1.93 bits per heavy atom. The van der Waals surface area contributed by atoms with Gasteiger partial charge < -0.3 is 4.74 Å². The van der Waals surface area contributed by atoms with Crippen molar-refractivity contribution in [3.8, 4) is 5.75 Å². The molecule has 1 atom stereocenters. The number of hydrogen-bond donors (Lipinski definition) is 0. The van der Waals surface area contributed by atoms with Gasteiger partial charge in [-0.05, 0) is 36.2 Å². The number of hydrogen-bond acceptors (Lipinski definition) is 5. The average molecular weight is 389 g/mol. The molecule has 0 N–H and O–H groups in total. The zero-order valence-electron chi connectivity index (χ0n) is 14.7. The van der Waals surface area contributed by atoms with E-state index < -0.39 is 16.9 Å². The number of ketones is 1. The number of benzene rings is 2. The molecule has 0 spiro atoms. The van der Waals surface area contributed by atoms with Crippen LogP contribution in [-0.2, 0) is 4.79 Å². The number of amides is 1. The molecule has 7 nitrogen and oxygen atoms in total. The van der Waals surface area contributed by atoms with Crippen molar-refractivity contribution in [3.05, 3.63) is 63.2 Å². The molecule has 1 amide bonds. The van der Waals surface area contributed by atoms with Crippen molar-refractivity contribution >= 4 is 34.7 Å². The number of fused-ring (bicyclic) bond motifs is 1. The third-order valence-electron chi connectivity index (χ3n) is 4.28. The number of Topliss-reactive ketones (excluding diaryl/α,β-unsaturated/α-hetero) is 1. The summed E-state index contributed by atoms with van der Waals surface area (Å²) in [4.78, 5) is 37.4. The van der Waals surface area contributed by atoms with Crippen LogP contribution >= 0.6 is 11.6 Å². The Bertz CT molecular complexity index is 911. The van der Waals surface area contributed by atoms with Crippen LogP contribution in [-0.4, -0.2) is 29.3 Å². The summed E-state index contributed by atoms with van der Waals surface area (Å²) in [5.41, 5.74) is 0.428. The van der Waals surface area contributed by atoms with Crippen LogP contribution in [0.3, 0.4) is 0 Å². The summed E-state index contributed by atoms with van der Waals surface area (Å²) in [6.45, 7) is 3.41. The highest BCUT2D eigenvalue weighted by atomic mass is 35.5. The number of anilines is 1. The molecule has 2 aromatic rings. The highest BCUT2D eigenvalue weighted by Gasteiger charge is 2.38. The monoisotopic (exact) mass is 388 g/mol. The molecule has 0 fully saturated rings. The van der Waals surface area contributed by atoms with Crippen molar-refractivity contribution < 1.29 is 19.2 Å². The Balaban J connectivity index is 1.99. The Kier molecular flexibility index (Phi) is 5.14. The SMILES string of the molecule is CC(C)C1Oc2ccc([N+](=O)[O-])cc2N(CC(=O)c2ccc(Cl)cc2)C1=O. The first-order valence-electron chi connectivity index (χ1n) is 8.33. The summed E-state index contributed by atoms with van der Waals surface area (Å²) >= 11 is 5.84. The van der Waals surface area contributed by atoms with E-state index in [1.54, 1.807) is 24.3 Å². The Hall–Kier alpha value is -2.93. The van der Waals surface area contributed by atoms with Gasteiger partial charge in [0.15, 0.2) is 11.9 Å². The van der Waals surface area contributed by atoms with Gasteiger partial charge in [0, 0.05) is 22.7 Å². The van der Waals surface area contributed by atoms with Crippen LogP contribution in [0.25, 0.3) is 0 Å². The largest absolute Gasteiger partial charge is 0.478 e. The molecule has 140 valence electrons. The number of nitrogens with zero attached hydrogens (tertiary/aromatic N) is 2. The third kappa shape index (κ3) is 3.78. The molecule has 0 aliphatic carbocycles. The van der Waals surface area contributed by atoms with Crippen LogP contribution in [0.4, 0.5) is 11.4 Å². The molecule has 2 aromatic carbocycles. The van der Waals surface area contributed by atoms with Gasteiger partial charge in [-0.2, -0.15) is 0 Å². The summed E-state index contributed by atoms with van der Waals surface area (Å²) in [6, 6.07) is 10.3. The molecule has 3 rings (SSSR count). The third-order valence-corrected chi connectivity index (χ3v) is 4.53. The molecule has 8 heteroatoms. The van der Waals surface area contributed by atoms with Crippen LogP contribution in [0.5, 0.6) is 5.75 Å². The van der Waals surface area contributed by atoms with Gasteiger partial charge in [-0.25, -0.2) is 0 Å². The van der Waals surface area contributed by atoms with Crippen LogP contribution in [0.1, 0.15) is 24.2 Å².